The van der Waals surface area contributed by atoms with E-state index < -0.39 is 21.3 Å². The van der Waals surface area contributed by atoms with Gasteiger partial charge in [0.15, 0.2) is 0 Å². The third kappa shape index (κ3) is 5.24. The van der Waals surface area contributed by atoms with Crippen LogP contribution in [0.25, 0.3) is 0 Å². The van der Waals surface area contributed by atoms with Crippen LogP contribution in [-0.2, 0) is 20.2 Å². The zero-order chi connectivity index (χ0) is 23.5. The van der Waals surface area contributed by atoms with Gasteiger partial charge in [-0.3, -0.25) is 9.69 Å². The van der Waals surface area contributed by atoms with Crippen molar-refractivity contribution in [3.8, 4) is 0 Å². The summed E-state index contributed by atoms with van der Waals surface area (Å²) in [6.45, 7) is 3.06. The molecule has 33 heavy (non-hydrogen) atoms. The molecule has 4 rings (SSSR count). The average molecular weight is 494 g/mol. The van der Waals surface area contributed by atoms with Crippen molar-refractivity contribution in [1.82, 2.24) is 14.5 Å². The number of piperazine rings is 1. The van der Waals surface area contributed by atoms with Crippen molar-refractivity contribution >= 4 is 27.5 Å². The van der Waals surface area contributed by atoms with Gasteiger partial charge >= 0.3 is 0 Å². The maximum absolute atomic E-state index is 13.2. The number of benzene rings is 2. The molecule has 0 spiro atoms. The van der Waals surface area contributed by atoms with Gasteiger partial charge in [-0.15, -0.1) is 0 Å². The molecule has 178 valence electrons. The number of amides is 1. The van der Waals surface area contributed by atoms with Crippen molar-refractivity contribution in [3.63, 3.8) is 0 Å². The molecule has 1 heterocycles. The summed E-state index contributed by atoms with van der Waals surface area (Å²) in [5.74, 6) is -0.406. The highest BCUT2D eigenvalue weighted by Gasteiger charge is 2.42. The maximum Gasteiger partial charge on any atom is 0.243 e. The lowest BCUT2D eigenvalue weighted by molar-refractivity contribution is -0.126. The highest BCUT2D eigenvalue weighted by molar-refractivity contribution is 7.89. The van der Waals surface area contributed by atoms with Crippen molar-refractivity contribution in [2.75, 3.05) is 39.3 Å². The Morgan fingerprint density at radius 3 is 2.18 bits per heavy atom. The maximum atomic E-state index is 13.2. The SMILES string of the molecule is O=C(NCCN1CCN(S(=O)(=O)c2ccc(F)cc2)CC1)C1(c2ccc(Cl)cc2)CCCC1. The number of carbonyl (C=O) groups is 1. The second-order valence-corrected chi connectivity index (χ2v) is 11.1. The fraction of sp³-hybridized carbons (Fsp3) is 0.458. The van der Waals surface area contributed by atoms with Crippen LogP contribution in [0, 0.1) is 5.82 Å². The minimum atomic E-state index is -3.63. The Labute approximate surface area is 199 Å². The molecule has 2 aromatic carbocycles. The summed E-state index contributed by atoms with van der Waals surface area (Å²) in [6.07, 6.45) is 3.72. The molecule has 6 nitrogen and oxygen atoms in total. The summed E-state index contributed by atoms with van der Waals surface area (Å²) in [5.41, 5.74) is 0.522. The van der Waals surface area contributed by atoms with Crippen molar-refractivity contribution < 1.29 is 17.6 Å². The van der Waals surface area contributed by atoms with Gasteiger partial charge in [-0.25, -0.2) is 12.8 Å². The Kier molecular flexibility index (Phi) is 7.38. The first-order valence-corrected chi connectivity index (χ1v) is 13.2. The Morgan fingerprint density at radius 2 is 1.58 bits per heavy atom. The van der Waals surface area contributed by atoms with E-state index in [9.17, 15) is 17.6 Å². The fourth-order valence-corrected chi connectivity index (χ4v) is 6.39. The van der Waals surface area contributed by atoms with Crippen LogP contribution in [0.1, 0.15) is 31.2 Å². The van der Waals surface area contributed by atoms with E-state index in [4.69, 9.17) is 11.6 Å². The van der Waals surface area contributed by atoms with Crippen molar-refractivity contribution in [1.29, 1.82) is 0 Å². The summed E-state index contributed by atoms with van der Waals surface area (Å²) in [5, 5.41) is 3.78. The van der Waals surface area contributed by atoms with Gasteiger partial charge < -0.3 is 5.32 Å². The Bertz CT molecular complexity index is 1060. The Hall–Kier alpha value is -2.00. The summed E-state index contributed by atoms with van der Waals surface area (Å²) in [7, 11) is -3.63. The van der Waals surface area contributed by atoms with Gasteiger partial charge in [0, 0.05) is 44.3 Å². The van der Waals surface area contributed by atoms with Crippen molar-refractivity contribution in [3.05, 3.63) is 64.9 Å². The molecule has 1 amide bonds. The van der Waals surface area contributed by atoms with Crippen LogP contribution in [0.15, 0.2) is 53.4 Å². The molecule has 9 heteroatoms. The number of carbonyl (C=O) groups excluding carboxylic acids is 1. The minimum absolute atomic E-state index is 0.0554. The van der Waals surface area contributed by atoms with Gasteiger partial charge in [-0.2, -0.15) is 4.31 Å². The normalized spacial score (nSPS) is 19.5. The van der Waals surface area contributed by atoms with Gasteiger partial charge in [0.25, 0.3) is 0 Å². The molecule has 1 aliphatic carbocycles. The number of nitrogens with one attached hydrogen (secondary N) is 1. The van der Waals surface area contributed by atoms with Crippen LogP contribution < -0.4 is 5.32 Å². The molecule has 0 atom stereocenters. The van der Waals surface area contributed by atoms with E-state index in [0.29, 0.717) is 44.3 Å². The van der Waals surface area contributed by atoms with Crippen LogP contribution in [0.4, 0.5) is 4.39 Å². The van der Waals surface area contributed by atoms with Crippen molar-refractivity contribution in [2.24, 2.45) is 0 Å². The third-order valence-electron chi connectivity index (χ3n) is 6.78. The van der Waals surface area contributed by atoms with Gasteiger partial charge in [-0.1, -0.05) is 36.6 Å². The average Bonchev–Trinajstić information content (AvgIpc) is 3.31. The molecular formula is C24H29ClFN3O3S. The monoisotopic (exact) mass is 493 g/mol. The number of halogens is 2. The number of hydrogen-bond donors (Lipinski definition) is 1. The van der Waals surface area contributed by atoms with Gasteiger partial charge in [0.2, 0.25) is 15.9 Å². The zero-order valence-corrected chi connectivity index (χ0v) is 20.0. The highest BCUT2D eigenvalue weighted by atomic mass is 35.5. The molecule has 0 aromatic heterocycles. The first-order chi connectivity index (χ1) is 15.8. The molecule has 0 unspecified atom stereocenters. The van der Waals surface area contributed by atoms with E-state index in [-0.39, 0.29) is 10.8 Å². The molecule has 2 aliphatic rings. The number of sulfonamides is 1. The summed E-state index contributed by atoms with van der Waals surface area (Å²) in [6, 6.07) is 12.5. The van der Waals surface area contributed by atoms with E-state index in [0.717, 1.165) is 43.4 Å². The minimum Gasteiger partial charge on any atom is -0.354 e. The topological polar surface area (TPSA) is 69.7 Å². The molecule has 2 aromatic rings. The van der Waals surface area contributed by atoms with Gasteiger partial charge in [0.05, 0.1) is 10.3 Å². The predicted molar refractivity (Wildman–Crippen MR) is 126 cm³/mol. The molecular weight excluding hydrogens is 465 g/mol. The Morgan fingerprint density at radius 1 is 0.970 bits per heavy atom. The van der Waals surface area contributed by atoms with Crippen LogP contribution in [-0.4, -0.2) is 62.8 Å². The second kappa shape index (κ2) is 10.1. The second-order valence-electron chi connectivity index (χ2n) is 8.75. The molecule has 1 aliphatic heterocycles. The lowest BCUT2D eigenvalue weighted by Crippen LogP contribution is -2.51. The summed E-state index contributed by atoms with van der Waals surface area (Å²) < 4.78 is 40.1. The molecule has 2 fully saturated rings. The standard InChI is InChI=1S/C24H29ClFN3O3S/c25-20-5-3-19(4-6-20)24(11-1-2-12-24)23(30)27-13-14-28-15-17-29(18-16-28)33(31,32)22-9-7-21(26)8-10-22/h3-10H,1-2,11-18H2,(H,27,30). The van der Waals surface area contributed by atoms with E-state index in [1.54, 1.807) is 0 Å². The number of rotatable bonds is 7. The zero-order valence-electron chi connectivity index (χ0n) is 18.5. The van der Waals surface area contributed by atoms with Crippen LogP contribution >= 0.6 is 11.6 Å². The van der Waals surface area contributed by atoms with Crippen LogP contribution in [0.5, 0.6) is 0 Å². The first-order valence-electron chi connectivity index (χ1n) is 11.3. The molecule has 1 saturated carbocycles. The van der Waals surface area contributed by atoms with Crippen LogP contribution in [0.3, 0.4) is 0 Å². The smallest absolute Gasteiger partial charge is 0.243 e. The van der Waals surface area contributed by atoms with Crippen LogP contribution in [0.2, 0.25) is 5.02 Å². The molecule has 0 radical (unpaired) electrons. The number of hydrogen-bond acceptors (Lipinski definition) is 4. The lowest BCUT2D eigenvalue weighted by atomic mass is 9.78. The predicted octanol–water partition coefficient (Wildman–Crippen LogP) is 3.41. The molecule has 1 N–H and O–H groups in total. The van der Waals surface area contributed by atoms with Gasteiger partial charge in [0.1, 0.15) is 5.82 Å². The Balaban J connectivity index is 1.29. The van der Waals surface area contributed by atoms with E-state index in [2.05, 4.69) is 10.2 Å². The third-order valence-corrected chi connectivity index (χ3v) is 8.95. The quantitative estimate of drug-likeness (QED) is 0.641. The largest absolute Gasteiger partial charge is 0.354 e. The number of nitrogens with zero attached hydrogens (tertiary/aromatic N) is 2. The summed E-state index contributed by atoms with van der Waals surface area (Å²) >= 11 is 6.03. The van der Waals surface area contributed by atoms with E-state index >= 15 is 0 Å². The van der Waals surface area contributed by atoms with E-state index in [1.165, 1.54) is 16.4 Å². The first kappa shape index (κ1) is 24.1. The van der Waals surface area contributed by atoms with Crippen molar-refractivity contribution in [2.45, 2.75) is 36.0 Å². The lowest BCUT2D eigenvalue weighted by Gasteiger charge is -2.34. The van der Waals surface area contributed by atoms with E-state index in [1.807, 2.05) is 24.3 Å². The van der Waals surface area contributed by atoms with Gasteiger partial charge in [-0.05, 0) is 54.8 Å². The highest BCUT2D eigenvalue weighted by Crippen LogP contribution is 2.41. The molecule has 0 bridgehead atoms. The molecule has 1 saturated heterocycles. The fourth-order valence-electron chi connectivity index (χ4n) is 4.84. The summed E-state index contributed by atoms with van der Waals surface area (Å²) in [4.78, 5) is 15.4.